The van der Waals surface area contributed by atoms with Crippen LogP contribution in [-0.4, -0.2) is 0 Å². The minimum Gasteiger partial charge on any atom is -0.198 e. The molecule has 0 bridgehead atoms. The highest BCUT2D eigenvalue weighted by Gasteiger charge is 2.27. The molecular formula is C6H10BrN. The Morgan fingerprint density at radius 1 is 1.62 bits per heavy atom. The van der Waals surface area contributed by atoms with E-state index in [-0.39, 0.29) is 17.0 Å². The molecule has 0 saturated heterocycles. The highest BCUT2D eigenvalue weighted by molar-refractivity contribution is 8.93. The molecule has 2 heteroatoms. The van der Waals surface area contributed by atoms with Gasteiger partial charge >= 0.3 is 0 Å². The quantitative estimate of drug-likeness (QED) is 0.600. The molecule has 0 aromatic rings. The Morgan fingerprint density at radius 2 is 2.12 bits per heavy atom. The maximum atomic E-state index is 8.30. The maximum Gasteiger partial charge on any atom is 0.0655 e. The topological polar surface area (TPSA) is 23.8 Å². The van der Waals surface area contributed by atoms with E-state index in [1.807, 2.05) is 6.92 Å². The van der Waals surface area contributed by atoms with E-state index in [2.05, 4.69) is 6.07 Å². The molecule has 1 fully saturated rings. The number of halogens is 1. The first-order valence-corrected chi connectivity index (χ1v) is 2.74. The summed E-state index contributed by atoms with van der Waals surface area (Å²) in [6.07, 6.45) is 2.57. The normalized spacial score (nSPS) is 20.5. The van der Waals surface area contributed by atoms with E-state index in [9.17, 15) is 0 Å². The zero-order valence-electron chi connectivity index (χ0n) is 4.92. The maximum absolute atomic E-state index is 8.30. The third kappa shape index (κ3) is 1.83. The van der Waals surface area contributed by atoms with E-state index in [1.54, 1.807) is 0 Å². The Bertz CT molecular complexity index is 102. The molecule has 0 radical (unpaired) electrons. The molecule has 46 valence electrons. The van der Waals surface area contributed by atoms with Gasteiger partial charge in [-0.2, -0.15) is 5.26 Å². The van der Waals surface area contributed by atoms with E-state index in [0.29, 0.717) is 5.92 Å². The van der Waals surface area contributed by atoms with Crippen LogP contribution in [0.2, 0.25) is 0 Å². The standard InChI is InChI=1S/C6H9N.BrH/c1-5(4-7)6-2-3-6;/h5-6H,2-3H2,1H3;1H. The van der Waals surface area contributed by atoms with Crippen molar-refractivity contribution in [3.8, 4) is 6.07 Å². The Morgan fingerprint density at radius 3 is 2.25 bits per heavy atom. The van der Waals surface area contributed by atoms with Gasteiger partial charge in [-0.05, 0) is 25.7 Å². The number of nitrogens with zero attached hydrogens (tertiary/aromatic N) is 1. The lowest BCUT2D eigenvalue weighted by molar-refractivity contribution is 0.642. The second-order valence-electron chi connectivity index (χ2n) is 2.26. The van der Waals surface area contributed by atoms with Crippen LogP contribution in [-0.2, 0) is 0 Å². The largest absolute Gasteiger partial charge is 0.198 e. The Labute approximate surface area is 60.5 Å². The van der Waals surface area contributed by atoms with Crippen molar-refractivity contribution in [2.24, 2.45) is 11.8 Å². The van der Waals surface area contributed by atoms with Gasteiger partial charge in [-0.3, -0.25) is 0 Å². The van der Waals surface area contributed by atoms with Gasteiger partial charge < -0.3 is 0 Å². The van der Waals surface area contributed by atoms with Crippen LogP contribution in [0.25, 0.3) is 0 Å². The van der Waals surface area contributed by atoms with Crippen LogP contribution >= 0.6 is 17.0 Å². The lowest BCUT2D eigenvalue weighted by Gasteiger charge is -1.90. The summed E-state index contributed by atoms with van der Waals surface area (Å²) in [4.78, 5) is 0. The summed E-state index contributed by atoms with van der Waals surface area (Å²) in [6.45, 7) is 2.00. The lowest BCUT2D eigenvalue weighted by Crippen LogP contribution is -1.89. The Hall–Kier alpha value is -0.0300. The highest BCUT2D eigenvalue weighted by Crippen LogP contribution is 2.35. The van der Waals surface area contributed by atoms with Crippen LogP contribution in [0, 0.1) is 23.2 Å². The molecule has 0 aliphatic heterocycles. The van der Waals surface area contributed by atoms with Gasteiger partial charge in [-0.1, -0.05) is 0 Å². The average molecular weight is 176 g/mol. The van der Waals surface area contributed by atoms with Gasteiger partial charge in [-0.15, -0.1) is 17.0 Å². The van der Waals surface area contributed by atoms with Crippen molar-refractivity contribution in [1.29, 1.82) is 5.26 Å². The fourth-order valence-electron chi connectivity index (χ4n) is 0.702. The highest BCUT2D eigenvalue weighted by atomic mass is 79.9. The van der Waals surface area contributed by atoms with Crippen LogP contribution in [0.3, 0.4) is 0 Å². The van der Waals surface area contributed by atoms with Crippen molar-refractivity contribution < 1.29 is 0 Å². The van der Waals surface area contributed by atoms with E-state index in [0.717, 1.165) is 5.92 Å². The lowest BCUT2D eigenvalue weighted by atomic mass is 10.1. The van der Waals surface area contributed by atoms with Crippen molar-refractivity contribution in [2.45, 2.75) is 19.8 Å². The molecule has 1 atom stereocenters. The number of rotatable bonds is 1. The fourth-order valence-corrected chi connectivity index (χ4v) is 0.702. The zero-order valence-corrected chi connectivity index (χ0v) is 6.64. The molecular weight excluding hydrogens is 166 g/mol. The smallest absolute Gasteiger partial charge is 0.0655 e. The van der Waals surface area contributed by atoms with Gasteiger partial charge in [-0.25, -0.2) is 0 Å². The molecule has 0 aromatic heterocycles. The van der Waals surface area contributed by atoms with Crippen LogP contribution in [0.4, 0.5) is 0 Å². The second-order valence-corrected chi connectivity index (χ2v) is 2.26. The minimum absolute atomic E-state index is 0. The monoisotopic (exact) mass is 175 g/mol. The Balaban J connectivity index is 0.000000490. The molecule has 1 saturated carbocycles. The van der Waals surface area contributed by atoms with Crippen molar-refractivity contribution in [1.82, 2.24) is 0 Å². The summed E-state index contributed by atoms with van der Waals surface area (Å²) in [5.74, 6) is 1.07. The molecule has 1 aliphatic carbocycles. The Kier molecular flexibility index (Phi) is 3.08. The summed E-state index contributed by atoms with van der Waals surface area (Å²) in [5.41, 5.74) is 0. The molecule has 0 heterocycles. The first-order chi connectivity index (χ1) is 3.34. The van der Waals surface area contributed by atoms with Gasteiger partial charge in [0.2, 0.25) is 0 Å². The summed E-state index contributed by atoms with van der Waals surface area (Å²) in [5, 5.41) is 8.30. The van der Waals surface area contributed by atoms with Gasteiger partial charge in [0, 0.05) is 5.92 Å². The average Bonchev–Trinajstić information content (AvgIpc) is 2.44. The predicted octanol–water partition coefficient (Wildman–Crippen LogP) is 2.13. The third-order valence-electron chi connectivity index (χ3n) is 1.53. The molecule has 1 rings (SSSR count). The predicted molar refractivity (Wildman–Crippen MR) is 37.8 cm³/mol. The van der Waals surface area contributed by atoms with Gasteiger partial charge in [0.05, 0.1) is 6.07 Å². The van der Waals surface area contributed by atoms with E-state index >= 15 is 0 Å². The third-order valence-corrected chi connectivity index (χ3v) is 1.53. The fraction of sp³-hybridized carbons (Fsp3) is 0.833. The summed E-state index contributed by atoms with van der Waals surface area (Å²) >= 11 is 0. The summed E-state index contributed by atoms with van der Waals surface area (Å²) in [6, 6.07) is 2.23. The molecule has 8 heavy (non-hydrogen) atoms. The molecule has 1 nitrogen and oxygen atoms in total. The number of hydrogen-bond acceptors (Lipinski definition) is 1. The van der Waals surface area contributed by atoms with E-state index in [1.165, 1.54) is 12.8 Å². The molecule has 0 aromatic carbocycles. The summed E-state index contributed by atoms with van der Waals surface area (Å²) in [7, 11) is 0. The van der Waals surface area contributed by atoms with E-state index < -0.39 is 0 Å². The van der Waals surface area contributed by atoms with Crippen LogP contribution in [0.15, 0.2) is 0 Å². The first kappa shape index (κ1) is 7.97. The minimum atomic E-state index is 0. The van der Waals surface area contributed by atoms with Crippen LogP contribution in [0.1, 0.15) is 19.8 Å². The summed E-state index contributed by atoms with van der Waals surface area (Å²) < 4.78 is 0. The van der Waals surface area contributed by atoms with Crippen LogP contribution < -0.4 is 0 Å². The molecule has 0 amide bonds. The zero-order chi connectivity index (χ0) is 5.28. The molecule has 1 unspecified atom stereocenters. The van der Waals surface area contributed by atoms with Crippen molar-refractivity contribution >= 4 is 17.0 Å². The molecule has 1 aliphatic rings. The SMILES string of the molecule is Br.CC(C#N)C1CC1. The van der Waals surface area contributed by atoms with Gasteiger partial charge in [0.1, 0.15) is 0 Å². The van der Waals surface area contributed by atoms with Gasteiger partial charge in [0.25, 0.3) is 0 Å². The number of hydrogen-bond donors (Lipinski definition) is 0. The number of nitriles is 1. The van der Waals surface area contributed by atoms with Crippen molar-refractivity contribution in [3.05, 3.63) is 0 Å². The van der Waals surface area contributed by atoms with Crippen molar-refractivity contribution in [2.75, 3.05) is 0 Å². The van der Waals surface area contributed by atoms with Crippen molar-refractivity contribution in [3.63, 3.8) is 0 Å². The first-order valence-electron chi connectivity index (χ1n) is 2.74. The van der Waals surface area contributed by atoms with E-state index in [4.69, 9.17) is 5.26 Å². The van der Waals surface area contributed by atoms with Gasteiger partial charge in [0.15, 0.2) is 0 Å². The molecule has 0 N–H and O–H groups in total. The van der Waals surface area contributed by atoms with Crippen LogP contribution in [0.5, 0.6) is 0 Å². The second kappa shape index (κ2) is 3.09. The molecule has 0 spiro atoms.